The van der Waals surface area contributed by atoms with Crippen LogP contribution < -0.4 is 10.1 Å². The number of morpholine rings is 1. The fourth-order valence-corrected chi connectivity index (χ4v) is 6.19. The first-order chi connectivity index (χ1) is 19.4. The van der Waals surface area contributed by atoms with Gasteiger partial charge in [0.1, 0.15) is 18.0 Å². The molecule has 0 spiro atoms. The Morgan fingerprint density at radius 1 is 1.18 bits per heavy atom. The fourth-order valence-electron chi connectivity index (χ4n) is 6.19. The van der Waals surface area contributed by atoms with Crippen molar-refractivity contribution in [3.8, 4) is 11.8 Å². The molecule has 0 aromatic heterocycles. The topological polar surface area (TPSA) is 93.4 Å². The van der Waals surface area contributed by atoms with Gasteiger partial charge in [0.25, 0.3) is 0 Å². The summed E-state index contributed by atoms with van der Waals surface area (Å²) in [5, 5.41) is 13.7. The highest BCUT2D eigenvalue weighted by molar-refractivity contribution is 6.11. The lowest BCUT2D eigenvalue weighted by molar-refractivity contribution is -0.133. The first-order valence-electron chi connectivity index (χ1n) is 14.3. The molecule has 0 bridgehead atoms. The van der Waals surface area contributed by atoms with Gasteiger partial charge in [0, 0.05) is 44.1 Å². The molecule has 4 aliphatic heterocycles. The first-order valence-corrected chi connectivity index (χ1v) is 14.3. The molecule has 9 heteroatoms. The molecule has 1 N–H and O–H groups in total. The van der Waals surface area contributed by atoms with Gasteiger partial charge in [-0.2, -0.15) is 5.26 Å². The Balaban J connectivity index is 1.38. The van der Waals surface area contributed by atoms with Gasteiger partial charge in [0.05, 0.1) is 30.0 Å². The molecular weight excluding hydrogens is 504 g/mol. The zero-order chi connectivity index (χ0) is 28.2. The van der Waals surface area contributed by atoms with Crippen molar-refractivity contribution in [2.45, 2.75) is 51.7 Å². The maximum absolute atomic E-state index is 11.8. The molecule has 0 saturated carbocycles. The van der Waals surface area contributed by atoms with E-state index in [9.17, 15) is 10.1 Å². The quantitative estimate of drug-likeness (QED) is 0.563. The Morgan fingerprint density at radius 3 is 2.55 bits per heavy atom. The van der Waals surface area contributed by atoms with E-state index in [4.69, 9.17) is 14.5 Å². The van der Waals surface area contributed by atoms with E-state index in [-0.39, 0.29) is 12.0 Å². The maximum Gasteiger partial charge on any atom is 0.246 e. The van der Waals surface area contributed by atoms with Gasteiger partial charge in [-0.25, -0.2) is 4.99 Å². The summed E-state index contributed by atoms with van der Waals surface area (Å²) in [6.45, 7) is 16.2. The third-order valence-electron chi connectivity index (χ3n) is 8.53. The Labute approximate surface area is 237 Å². The van der Waals surface area contributed by atoms with E-state index in [1.807, 2.05) is 30.9 Å². The van der Waals surface area contributed by atoms with Gasteiger partial charge in [-0.1, -0.05) is 12.7 Å². The number of piperidine rings is 1. The average molecular weight is 545 g/mol. The molecule has 4 heterocycles. The van der Waals surface area contributed by atoms with Crippen LogP contribution in [0.4, 0.5) is 5.69 Å². The van der Waals surface area contributed by atoms with E-state index in [2.05, 4.69) is 40.8 Å². The largest absolute Gasteiger partial charge is 0.482 e. The van der Waals surface area contributed by atoms with Crippen LogP contribution in [0.1, 0.15) is 50.7 Å². The number of fused-ring (bicyclic) bond motifs is 1. The van der Waals surface area contributed by atoms with Crippen molar-refractivity contribution in [3.05, 3.63) is 59.5 Å². The molecule has 1 aromatic carbocycles. The highest BCUT2D eigenvalue weighted by Crippen LogP contribution is 2.40. The van der Waals surface area contributed by atoms with Gasteiger partial charge in [0.15, 0.2) is 5.75 Å². The zero-order valence-electron chi connectivity index (χ0n) is 23.9. The highest BCUT2D eigenvalue weighted by Gasteiger charge is 2.36. The lowest BCUT2D eigenvalue weighted by Gasteiger charge is -2.47. The molecule has 0 radical (unpaired) electrons. The number of rotatable bonds is 5. The average Bonchev–Trinajstić information content (AvgIpc) is 3.10. The molecule has 1 aromatic rings. The van der Waals surface area contributed by atoms with Crippen LogP contribution in [-0.2, 0) is 9.53 Å². The smallest absolute Gasteiger partial charge is 0.246 e. The SMILES string of the molecule is C=CC(=O)N1CC(N2CCC(c3cc(C#N)c4c(c3)NC(=N/C=C\C)/C(=C(\C)N3CCOCC3)C(C)O4)CC2)C1. The van der Waals surface area contributed by atoms with Crippen LogP contribution in [0.25, 0.3) is 0 Å². The van der Waals surface area contributed by atoms with Gasteiger partial charge in [-0.15, -0.1) is 0 Å². The number of hydrogen-bond acceptors (Lipinski definition) is 7. The van der Waals surface area contributed by atoms with E-state index >= 15 is 0 Å². The summed E-state index contributed by atoms with van der Waals surface area (Å²) >= 11 is 0. The number of benzene rings is 1. The fraction of sp³-hybridized carbons (Fsp3) is 0.516. The van der Waals surface area contributed by atoms with E-state index in [1.165, 1.54) is 6.08 Å². The van der Waals surface area contributed by atoms with Crippen LogP contribution in [-0.4, -0.2) is 91.1 Å². The molecule has 1 atom stereocenters. The maximum atomic E-state index is 11.8. The van der Waals surface area contributed by atoms with Crippen molar-refractivity contribution in [1.29, 1.82) is 5.26 Å². The zero-order valence-corrected chi connectivity index (χ0v) is 23.9. The van der Waals surface area contributed by atoms with Crippen LogP contribution in [0.2, 0.25) is 0 Å². The minimum absolute atomic E-state index is 0.0136. The van der Waals surface area contributed by atoms with Crippen molar-refractivity contribution in [1.82, 2.24) is 14.7 Å². The van der Waals surface area contributed by atoms with Gasteiger partial charge in [0.2, 0.25) is 5.91 Å². The van der Waals surface area contributed by atoms with Crippen LogP contribution in [0.5, 0.6) is 5.75 Å². The predicted octanol–water partition coefficient (Wildman–Crippen LogP) is 3.87. The van der Waals surface area contributed by atoms with Crippen molar-refractivity contribution in [2.75, 3.05) is 57.8 Å². The number of ether oxygens (including phenoxy) is 2. The number of anilines is 1. The number of hydrogen-bond donors (Lipinski definition) is 1. The molecule has 212 valence electrons. The molecular formula is C31H40N6O3. The van der Waals surface area contributed by atoms with Crippen molar-refractivity contribution in [2.24, 2.45) is 4.99 Å². The summed E-state index contributed by atoms with van der Waals surface area (Å²) in [5.41, 5.74) is 4.57. The molecule has 4 aliphatic rings. The van der Waals surface area contributed by atoms with E-state index in [0.717, 1.165) is 80.5 Å². The second-order valence-electron chi connectivity index (χ2n) is 10.9. The van der Waals surface area contributed by atoms with Crippen LogP contribution >= 0.6 is 0 Å². The number of nitrogens with zero attached hydrogens (tertiary/aromatic N) is 5. The second kappa shape index (κ2) is 12.3. The minimum Gasteiger partial charge on any atom is -0.482 e. The predicted molar refractivity (Wildman–Crippen MR) is 156 cm³/mol. The number of allylic oxidation sites excluding steroid dienone is 2. The summed E-state index contributed by atoms with van der Waals surface area (Å²) in [5.74, 6) is 1.69. The molecule has 5 rings (SSSR count). The van der Waals surface area contributed by atoms with Crippen LogP contribution in [0.15, 0.2) is 53.3 Å². The second-order valence-corrected chi connectivity index (χ2v) is 10.9. The van der Waals surface area contributed by atoms with Gasteiger partial charge >= 0.3 is 0 Å². The Bertz CT molecular complexity index is 1260. The normalized spacial score (nSPS) is 24.9. The lowest BCUT2D eigenvalue weighted by atomic mass is 9.87. The summed E-state index contributed by atoms with van der Waals surface area (Å²) in [6.07, 6.45) is 6.82. The van der Waals surface area contributed by atoms with Crippen molar-refractivity contribution >= 4 is 17.4 Å². The van der Waals surface area contributed by atoms with E-state index in [1.54, 1.807) is 6.20 Å². The molecule has 1 unspecified atom stereocenters. The Kier molecular flexibility index (Phi) is 8.57. The monoisotopic (exact) mass is 544 g/mol. The van der Waals surface area contributed by atoms with Crippen LogP contribution in [0.3, 0.4) is 0 Å². The van der Waals surface area contributed by atoms with Crippen molar-refractivity contribution < 1.29 is 14.3 Å². The molecule has 1 amide bonds. The van der Waals surface area contributed by atoms with Gasteiger partial charge < -0.3 is 24.6 Å². The Morgan fingerprint density at radius 2 is 1.90 bits per heavy atom. The van der Waals surface area contributed by atoms with Crippen molar-refractivity contribution in [3.63, 3.8) is 0 Å². The number of amides is 1. The van der Waals surface area contributed by atoms with E-state index in [0.29, 0.717) is 36.5 Å². The summed E-state index contributed by atoms with van der Waals surface area (Å²) in [4.78, 5) is 23.3. The summed E-state index contributed by atoms with van der Waals surface area (Å²) < 4.78 is 12.1. The van der Waals surface area contributed by atoms with Crippen LogP contribution in [0, 0.1) is 11.3 Å². The molecule has 3 fully saturated rings. The lowest BCUT2D eigenvalue weighted by Crippen LogP contribution is -2.61. The standard InChI is InChI=1S/C31H40N6O3/c1-5-9-33-31-29(21(3)35-12-14-39-15-13-35)22(4)40-30-25(18-32)16-24(17-27(30)34-31)23-7-10-36(11-8-23)26-19-37(20-26)28(38)6-2/h5-6,9,16-17,22-23,26H,2,7-8,10-15,19-20H2,1,3-4H3,(H,33,34)/b9-5-,29-21+. The van der Waals surface area contributed by atoms with Gasteiger partial charge in [-0.05, 0) is 76.4 Å². The number of carbonyl (C=O) groups excluding carboxylic acids is 1. The molecule has 0 aliphatic carbocycles. The third-order valence-corrected chi connectivity index (χ3v) is 8.53. The third kappa shape index (κ3) is 5.65. The number of carbonyl (C=O) groups is 1. The number of nitrogens with one attached hydrogen (secondary N) is 1. The molecule has 9 nitrogen and oxygen atoms in total. The summed E-state index contributed by atoms with van der Waals surface area (Å²) in [7, 11) is 0. The first kappa shape index (κ1) is 27.9. The molecule has 40 heavy (non-hydrogen) atoms. The minimum atomic E-state index is -0.295. The highest BCUT2D eigenvalue weighted by atomic mass is 16.5. The number of amidine groups is 1. The number of likely N-dealkylation sites (tertiary alicyclic amines) is 2. The number of nitriles is 1. The van der Waals surface area contributed by atoms with E-state index < -0.39 is 0 Å². The summed E-state index contributed by atoms with van der Waals surface area (Å²) in [6, 6.07) is 6.98. The van der Waals surface area contributed by atoms with Gasteiger partial charge in [-0.3, -0.25) is 9.69 Å². The number of aliphatic imine (C=N–C) groups is 1. The molecule has 3 saturated heterocycles. The Hall–Kier alpha value is -3.61.